The molecule has 6 N–H and O–H groups in total. The predicted molar refractivity (Wildman–Crippen MR) is 73.9 cm³/mol. The van der Waals surface area contributed by atoms with E-state index in [2.05, 4.69) is 0 Å². The molecule has 112 valence electrons. The topological polar surface area (TPSA) is 130 Å². The molecule has 0 heterocycles. The molecule has 0 aliphatic rings. The van der Waals surface area contributed by atoms with E-state index in [0.717, 1.165) is 6.42 Å². The molecule has 0 fully saturated rings. The van der Waals surface area contributed by atoms with Crippen LogP contribution in [0.5, 0.6) is 0 Å². The largest absolute Gasteiger partial charge is 0.480 e. The Bertz CT molecular complexity index is 291. The van der Waals surface area contributed by atoms with E-state index in [4.69, 9.17) is 16.6 Å². The summed E-state index contributed by atoms with van der Waals surface area (Å²) in [7, 11) is 0. The van der Waals surface area contributed by atoms with Crippen molar-refractivity contribution in [2.75, 3.05) is 18.6 Å². The zero-order valence-corrected chi connectivity index (χ0v) is 11.9. The molecule has 0 unspecified atom stereocenters. The van der Waals surface area contributed by atoms with Crippen molar-refractivity contribution in [3.63, 3.8) is 0 Å². The van der Waals surface area contributed by atoms with Crippen LogP contribution in [-0.4, -0.2) is 57.9 Å². The van der Waals surface area contributed by atoms with Gasteiger partial charge >= 0.3 is 5.97 Å². The van der Waals surface area contributed by atoms with E-state index < -0.39 is 24.0 Å². The van der Waals surface area contributed by atoms with Gasteiger partial charge in [-0.3, -0.25) is 10.0 Å². The highest BCUT2D eigenvalue weighted by atomic mass is 32.2. The van der Waals surface area contributed by atoms with Gasteiger partial charge in [0.05, 0.1) is 6.04 Å². The number of thioether (sulfide) groups is 1. The second-order valence-corrected chi connectivity index (χ2v) is 5.19. The van der Waals surface area contributed by atoms with Crippen LogP contribution in [0.2, 0.25) is 0 Å². The van der Waals surface area contributed by atoms with Crippen LogP contribution in [0.15, 0.2) is 0 Å². The Kier molecular flexibility index (Phi) is 9.58. The van der Waals surface area contributed by atoms with Crippen molar-refractivity contribution in [3.8, 4) is 0 Å². The molecule has 0 aliphatic heterocycles. The molecule has 0 aromatic heterocycles. The van der Waals surface area contributed by atoms with Crippen molar-refractivity contribution in [2.45, 2.75) is 37.8 Å². The van der Waals surface area contributed by atoms with Crippen LogP contribution >= 0.6 is 11.8 Å². The summed E-state index contributed by atoms with van der Waals surface area (Å²) >= 11 is 1.44. The second kappa shape index (κ2) is 10.0. The van der Waals surface area contributed by atoms with Gasteiger partial charge in [-0.15, -0.1) is 0 Å². The Balaban J connectivity index is 4.43. The number of carbonyl (C=O) groups is 2. The molecule has 0 aromatic rings. The average Bonchev–Trinajstić information content (AvgIpc) is 2.37. The van der Waals surface area contributed by atoms with Gasteiger partial charge in [0.25, 0.3) is 5.91 Å². The van der Waals surface area contributed by atoms with E-state index in [1.165, 1.54) is 11.8 Å². The number of aliphatic carboxylic acids is 1. The maximum atomic E-state index is 11.8. The monoisotopic (exact) mass is 293 g/mol. The van der Waals surface area contributed by atoms with Crippen molar-refractivity contribution in [1.29, 1.82) is 0 Å². The maximum Gasteiger partial charge on any atom is 0.329 e. The first kappa shape index (κ1) is 18.2. The van der Waals surface area contributed by atoms with Gasteiger partial charge in [0.2, 0.25) is 0 Å². The molecular weight excluding hydrogens is 270 g/mol. The van der Waals surface area contributed by atoms with Crippen LogP contribution in [-0.2, 0) is 9.59 Å². The van der Waals surface area contributed by atoms with Crippen LogP contribution in [0.3, 0.4) is 0 Å². The fourth-order valence-electron chi connectivity index (χ4n) is 1.54. The van der Waals surface area contributed by atoms with Gasteiger partial charge in [0.1, 0.15) is 0 Å². The fourth-order valence-corrected chi connectivity index (χ4v) is 1.99. The summed E-state index contributed by atoms with van der Waals surface area (Å²) < 4.78 is 0. The predicted octanol–water partition coefficient (Wildman–Crippen LogP) is -0.133. The normalized spacial score (nSPS) is 13.9. The third-order valence-corrected chi connectivity index (χ3v) is 3.33. The van der Waals surface area contributed by atoms with Crippen molar-refractivity contribution >= 4 is 23.6 Å². The Morgan fingerprint density at radius 3 is 2.42 bits per heavy atom. The number of hydroxylamine groups is 2. The fraction of sp³-hybridized carbons (Fsp3) is 0.818. The lowest BCUT2D eigenvalue weighted by Gasteiger charge is -2.25. The van der Waals surface area contributed by atoms with Crippen molar-refractivity contribution < 1.29 is 19.9 Å². The molecule has 0 radical (unpaired) electrons. The molecule has 0 saturated carbocycles. The first-order valence-electron chi connectivity index (χ1n) is 6.15. The lowest BCUT2D eigenvalue weighted by molar-refractivity contribution is -0.187. The minimum absolute atomic E-state index is 0.175. The molecule has 2 atom stereocenters. The summed E-state index contributed by atoms with van der Waals surface area (Å²) in [6.45, 7) is 0.509. The number of hydrogen-bond acceptors (Lipinski definition) is 6. The molecule has 0 rings (SSSR count). The van der Waals surface area contributed by atoms with E-state index in [9.17, 15) is 14.8 Å². The summed E-state index contributed by atoms with van der Waals surface area (Å²) in [6.07, 6.45) is 3.78. The van der Waals surface area contributed by atoms with Crippen molar-refractivity contribution in [2.24, 2.45) is 11.5 Å². The molecule has 8 heteroatoms. The zero-order chi connectivity index (χ0) is 14.8. The maximum absolute atomic E-state index is 11.8. The number of carbonyl (C=O) groups excluding carboxylic acids is 1. The van der Waals surface area contributed by atoms with Crippen LogP contribution < -0.4 is 11.5 Å². The summed E-state index contributed by atoms with van der Waals surface area (Å²) in [4.78, 5) is 22.8. The Hall–Kier alpha value is -0.830. The van der Waals surface area contributed by atoms with Gasteiger partial charge in [0, 0.05) is 0 Å². The van der Waals surface area contributed by atoms with Crippen LogP contribution in [0.25, 0.3) is 0 Å². The number of unbranched alkanes of at least 4 members (excludes halogenated alkanes) is 1. The van der Waals surface area contributed by atoms with Crippen molar-refractivity contribution in [3.05, 3.63) is 0 Å². The standard InChI is InChI=1S/C11H23N3O4S/c1-19-7-5-9(11(16)17)14(18)10(15)8(13)4-2-3-6-12/h8-9,18H,2-7,12-13H2,1H3,(H,16,17)/t8-,9-/m0/s1. The number of hydrogen-bond donors (Lipinski definition) is 4. The minimum Gasteiger partial charge on any atom is -0.480 e. The minimum atomic E-state index is -1.25. The van der Waals surface area contributed by atoms with Gasteiger partial charge in [-0.2, -0.15) is 11.8 Å². The zero-order valence-electron chi connectivity index (χ0n) is 11.1. The quantitative estimate of drug-likeness (QED) is 0.251. The molecule has 0 aromatic carbocycles. The number of nitrogens with zero attached hydrogens (tertiary/aromatic N) is 1. The number of carboxylic acid groups (broad SMARTS) is 1. The summed E-state index contributed by atoms with van der Waals surface area (Å²) in [5.74, 6) is -1.46. The Labute approximate surface area is 117 Å². The Morgan fingerprint density at radius 1 is 1.32 bits per heavy atom. The van der Waals surface area contributed by atoms with E-state index in [-0.39, 0.29) is 11.5 Å². The number of nitrogens with two attached hydrogens (primary N) is 2. The SMILES string of the molecule is CSCC[C@@H](C(=O)O)N(O)C(=O)[C@@H](N)CCCCN. The smallest absolute Gasteiger partial charge is 0.329 e. The van der Waals surface area contributed by atoms with E-state index >= 15 is 0 Å². The van der Waals surface area contributed by atoms with Crippen molar-refractivity contribution in [1.82, 2.24) is 5.06 Å². The average molecular weight is 293 g/mol. The molecule has 19 heavy (non-hydrogen) atoms. The number of amides is 1. The summed E-state index contributed by atoms with van der Waals surface area (Å²) in [6, 6.07) is -2.15. The van der Waals surface area contributed by atoms with Gasteiger partial charge in [-0.1, -0.05) is 6.42 Å². The van der Waals surface area contributed by atoms with Gasteiger partial charge in [0.15, 0.2) is 6.04 Å². The molecule has 0 spiro atoms. The third kappa shape index (κ3) is 6.76. The molecule has 7 nitrogen and oxygen atoms in total. The van der Waals surface area contributed by atoms with Crippen LogP contribution in [0.4, 0.5) is 0 Å². The lowest BCUT2D eigenvalue weighted by atomic mass is 10.1. The molecule has 0 saturated heterocycles. The molecule has 0 bridgehead atoms. The van der Waals surface area contributed by atoms with E-state index in [1.54, 1.807) is 0 Å². The molecular formula is C11H23N3O4S. The first-order valence-corrected chi connectivity index (χ1v) is 7.54. The third-order valence-electron chi connectivity index (χ3n) is 2.69. The molecule has 0 aliphatic carbocycles. The highest BCUT2D eigenvalue weighted by Gasteiger charge is 2.31. The summed E-state index contributed by atoms with van der Waals surface area (Å²) in [5, 5.41) is 18.9. The number of rotatable bonds is 10. The highest BCUT2D eigenvalue weighted by Crippen LogP contribution is 2.10. The van der Waals surface area contributed by atoms with Crippen LogP contribution in [0.1, 0.15) is 25.7 Å². The van der Waals surface area contributed by atoms with E-state index in [0.29, 0.717) is 25.1 Å². The number of carboxylic acids is 1. The first-order chi connectivity index (χ1) is 8.95. The van der Waals surface area contributed by atoms with Gasteiger partial charge in [-0.05, 0) is 37.8 Å². The lowest BCUT2D eigenvalue weighted by Crippen LogP contribution is -2.50. The Morgan fingerprint density at radius 2 is 1.95 bits per heavy atom. The molecule has 1 amide bonds. The highest BCUT2D eigenvalue weighted by molar-refractivity contribution is 7.98. The van der Waals surface area contributed by atoms with E-state index in [1.807, 2.05) is 6.26 Å². The summed E-state index contributed by atoms with van der Waals surface area (Å²) in [5.41, 5.74) is 11.0. The van der Waals surface area contributed by atoms with Crippen LogP contribution in [0, 0.1) is 0 Å². The second-order valence-electron chi connectivity index (χ2n) is 4.21. The van der Waals surface area contributed by atoms with Gasteiger partial charge in [-0.25, -0.2) is 9.86 Å². The van der Waals surface area contributed by atoms with Gasteiger partial charge < -0.3 is 16.6 Å².